The van der Waals surface area contributed by atoms with Gasteiger partial charge in [-0.2, -0.15) is 0 Å². The number of thiophene rings is 1. The van der Waals surface area contributed by atoms with E-state index in [0.717, 1.165) is 16.0 Å². The van der Waals surface area contributed by atoms with E-state index in [2.05, 4.69) is 0 Å². The third kappa shape index (κ3) is 3.61. The Hall–Kier alpha value is -2.27. The van der Waals surface area contributed by atoms with Gasteiger partial charge in [-0.1, -0.05) is 35.3 Å². The fourth-order valence-electron chi connectivity index (χ4n) is 2.82. The summed E-state index contributed by atoms with van der Waals surface area (Å²) in [5.41, 5.74) is 2.24. The Morgan fingerprint density at radius 2 is 2.00 bits per heavy atom. The van der Waals surface area contributed by atoms with Crippen LogP contribution in [0.4, 0.5) is 0 Å². The molecule has 2 aromatic carbocycles. The molecule has 4 rings (SSSR count). The minimum atomic E-state index is -0.113. The molecule has 0 spiro atoms. The Labute approximate surface area is 170 Å². The molecule has 1 aromatic heterocycles. The van der Waals surface area contributed by atoms with Crippen molar-refractivity contribution in [3.8, 4) is 11.5 Å². The largest absolute Gasteiger partial charge is 0.488 e. The third-order valence-corrected chi connectivity index (χ3v) is 5.79. The van der Waals surface area contributed by atoms with Crippen LogP contribution in [0.15, 0.2) is 53.6 Å². The van der Waals surface area contributed by atoms with Gasteiger partial charge < -0.3 is 9.47 Å². The second kappa shape index (κ2) is 7.39. The second-order valence-corrected chi connectivity index (χ2v) is 7.85. The zero-order chi connectivity index (χ0) is 19.0. The summed E-state index contributed by atoms with van der Waals surface area (Å²) in [4.78, 5) is 13.6. The molecule has 3 aromatic rings. The summed E-state index contributed by atoms with van der Waals surface area (Å²) in [7, 11) is 0. The normalized spacial score (nSPS) is 14.3. The lowest BCUT2D eigenvalue weighted by Gasteiger charge is -2.12. The summed E-state index contributed by atoms with van der Waals surface area (Å²) in [6.07, 6.45) is 1.77. The fourth-order valence-corrected chi connectivity index (χ4v) is 3.78. The zero-order valence-corrected chi connectivity index (χ0v) is 16.6. The molecular weight excluding hydrogens is 403 g/mol. The summed E-state index contributed by atoms with van der Waals surface area (Å²) in [6, 6.07) is 12.8. The van der Waals surface area contributed by atoms with Gasteiger partial charge in [0, 0.05) is 16.5 Å². The van der Waals surface area contributed by atoms with Crippen LogP contribution in [0.1, 0.15) is 26.4 Å². The molecule has 0 saturated heterocycles. The van der Waals surface area contributed by atoms with Gasteiger partial charge in [-0.15, -0.1) is 11.3 Å². The van der Waals surface area contributed by atoms with Gasteiger partial charge in [-0.25, -0.2) is 0 Å². The third-order valence-electron chi connectivity index (χ3n) is 4.23. The maximum Gasteiger partial charge on any atom is 0.232 e. The second-order valence-electron chi connectivity index (χ2n) is 6.06. The number of benzene rings is 2. The Morgan fingerprint density at radius 3 is 2.74 bits per heavy atom. The predicted octanol–water partition coefficient (Wildman–Crippen LogP) is 6.56. The van der Waals surface area contributed by atoms with Crippen LogP contribution < -0.4 is 9.47 Å². The maximum absolute atomic E-state index is 12.6. The number of rotatable bonds is 4. The highest BCUT2D eigenvalue weighted by atomic mass is 35.5. The number of carbonyl (C=O) groups excluding carboxylic acids is 1. The summed E-state index contributed by atoms with van der Waals surface area (Å²) in [6.45, 7) is 2.22. The summed E-state index contributed by atoms with van der Waals surface area (Å²) in [5, 5.41) is 2.95. The lowest BCUT2D eigenvalue weighted by molar-refractivity contribution is 0.101. The standard InChI is InChI=1S/C21H14Cl2O3S/c1-12-18(25-11-13-4-6-16(22)17(23)9-13)7-5-15-20(24)19(26-21(12)15)10-14-3-2-8-27-14/h2-10H,11H2,1H3/b19-10-. The Bertz CT molecular complexity index is 1060. The maximum atomic E-state index is 12.6. The molecule has 0 atom stereocenters. The Balaban J connectivity index is 1.56. The van der Waals surface area contributed by atoms with Gasteiger partial charge in [0.05, 0.1) is 15.6 Å². The van der Waals surface area contributed by atoms with E-state index in [0.29, 0.717) is 39.5 Å². The molecule has 27 heavy (non-hydrogen) atoms. The highest BCUT2D eigenvalue weighted by Gasteiger charge is 2.30. The number of halogens is 2. The van der Waals surface area contributed by atoms with Crippen LogP contribution in [0.5, 0.6) is 11.5 Å². The molecule has 0 saturated carbocycles. The molecule has 136 valence electrons. The van der Waals surface area contributed by atoms with Crippen molar-refractivity contribution in [1.82, 2.24) is 0 Å². The molecule has 3 nitrogen and oxygen atoms in total. The van der Waals surface area contributed by atoms with Crippen molar-refractivity contribution in [2.24, 2.45) is 0 Å². The van der Waals surface area contributed by atoms with Crippen LogP contribution in [0.2, 0.25) is 10.0 Å². The van der Waals surface area contributed by atoms with Crippen molar-refractivity contribution in [3.63, 3.8) is 0 Å². The van der Waals surface area contributed by atoms with Crippen LogP contribution in [-0.4, -0.2) is 5.78 Å². The van der Waals surface area contributed by atoms with Crippen molar-refractivity contribution in [2.75, 3.05) is 0 Å². The highest BCUT2D eigenvalue weighted by Crippen LogP contribution is 2.39. The lowest BCUT2D eigenvalue weighted by Crippen LogP contribution is -1.98. The van der Waals surface area contributed by atoms with Crippen LogP contribution in [-0.2, 0) is 6.61 Å². The van der Waals surface area contributed by atoms with Crippen LogP contribution in [0, 0.1) is 6.92 Å². The lowest BCUT2D eigenvalue weighted by atomic mass is 10.1. The average Bonchev–Trinajstić information content (AvgIpc) is 3.27. The van der Waals surface area contributed by atoms with E-state index in [4.69, 9.17) is 32.7 Å². The number of hydrogen-bond donors (Lipinski definition) is 0. The first kappa shape index (κ1) is 18.1. The van der Waals surface area contributed by atoms with Crippen LogP contribution >= 0.6 is 34.5 Å². The minimum Gasteiger partial charge on any atom is -0.488 e. The summed E-state index contributed by atoms with van der Waals surface area (Å²) < 4.78 is 11.8. The number of hydrogen-bond acceptors (Lipinski definition) is 4. The van der Waals surface area contributed by atoms with Gasteiger partial charge in [0.1, 0.15) is 18.1 Å². The van der Waals surface area contributed by atoms with Crippen molar-refractivity contribution in [2.45, 2.75) is 13.5 Å². The molecule has 0 fully saturated rings. The SMILES string of the molecule is Cc1c(OCc2ccc(Cl)c(Cl)c2)ccc2c1O/C(=C\c1cccs1)C2=O. The monoisotopic (exact) mass is 416 g/mol. The molecule has 0 aliphatic carbocycles. The zero-order valence-electron chi connectivity index (χ0n) is 14.3. The van der Waals surface area contributed by atoms with Crippen LogP contribution in [0.25, 0.3) is 6.08 Å². The van der Waals surface area contributed by atoms with E-state index in [9.17, 15) is 4.79 Å². The van der Waals surface area contributed by atoms with Gasteiger partial charge in [0.25, 0.3) is 0 Å². The summed E-state index contributed by atoms with van der Waals surface area (Å²) in [5.74, 6) is 1.43. The Kier molecular flexibility index (Phi) is 4.96. The first-order chi connectivity index (χ1) is 13.0. The van der Waals surface area contributed by atoms with Crippen molar-refractivity contribution in [1.29, 1.82) is 0 Å². The first-order valence-electron chi connectivity index (χ1n) is 8.21. The van der Waals surface area contributed by atoms with E-state index in [1.54, 1.807) is 41.7 Å². The number of carbonyl (C=O) groups is 1. The van der Waals surface area contributed by atoms with Crippen molar-refractivity contribution >= 4 is 46.4 Å². The highest BCUT2D eigenvalue weighted by molar-refractivity contribution is 7.10. The quantitative estimate of drug-likeness (QED) is 0.451. The molecule has 1 aliphatic rings. The van der Waals surface area contributed by atoms with Gasteiger partial charge in [0.2, 0.25) is 5.78 Å². The number of ether oxygens (including phenoxy) is 2. The molecule has 6 heteroatoms. The molecule has 0 radical (unpaired) electrons. The number of ketones is 1. The van der Waals surface area contributed by atoms with Crippen molar-refractivity contribution < 1.29 is 14.3 Å². The number of allylic oxidation sites excluding steroid dienone is 1. The van der Waals surface area contributed by atoms with Gasteiger partial charge in [-0.05, 0) is 48.2 Å². The molecule has 0 unspecified atom stereocenters. The molecule has 0 N–H and O–H groups in total. The number of fused-ring (bicyclic) bond motifs is 1. The smallest absolute Gasteiger partial charge is 0.232 e. The molecule has 0 amide bonds. The first-order valence-corrected chi connectivity index (χ1v) is 9.84. The molecular formula is C21H14Cl2O3S. The summed E-state index contributed by atoms with van der Waals surface area (Å²) >= 11 is 13.5. The molecule has 1 aliphatic heterocycles. The topological polar surface area (TPSA) is 35.5 Å². The minimum absolute atomic E-state index is 0.113. The van der Waals surface area contributed by atoms with Gasteiger partial charge in [-0.3, -0.25) is 4.79 Å². The van der Waals surface area contributed by atoms with Gasteiger partial charge in [0.15, 0.2) is 5.76 Å². The van der Waals surface area contributed by atoms with E-state index in [1.165, 1.54) is 0 Å². The fraction of sp³-hybridized carbons (Fsp3) is 0.0952. The van der Waals surface area contributed by atoms with Crippen LogP contribution in [0.3, 0.4) is 0 Å². The van der Waals surface area contributed by atoms with E-state index < -0.39 is 0 Å². The van der Waals surface area contributed by atoms with Gasteiger partial charge >= 0.3 is 0 Å². The van der Waals surface area contributed by atoms with E-state index in [1.807, 2.05) is 30.5 Å². The average molecular weight is 417 g/mol. The van der Waals surface area contributed by atoms with E-state index in [-0.39, 0.29) is 5.78 Å². The molecule has 0 bridgehead atoms. The predicted molar refractivity (Wildman–Crippen MR) is 109 cm³/mol. The number of Topliss-reactive ketones (excluding diaryl/α,β-unsaturated/α-hetero) is 1. The van der Waals surface area contributed by atoms with Crippen molar-refractivity contribution in [3.05, 3.63) is 85.2 Å². The Morgan fingerprint density at radius 1 is 1.15 bits per heavy atom. The van der Waals surface area contributed by atoms with E-state index >= 15 is 0 Å². The molecule has 2 heterocycles.